The van der Waals surface area contributed by atoms with E-state index in [9.17, 15) is 21.6 Å². The van der Waals surface area contributed by atoms with Gasteiger partial charge in [0.2, 0.25) is 25.6 Å². The van der Waals surface area contributed by atoms with Crippen LogP contribution >= 0.6 is 11.3 Å². The number of hydrogen-bond donors (Lipinski definition) is 1. The van der Waals surface area contributed by atoms with E-state index in [4.69, 9.17) is 13.7 Å². The molecule has 1 atom stereocenters. The molecule has 15 heteroatoms. The molecular formula is C20H30N4O8S3. The highest BCUT2D eigenvalue weighted by molar-refractivity contribution is 7.93. The maximum absolute atomic E-state index is 11.5. The van der Waals surface area contributed by atoms with Gasteiger partial charge >= 0.3 is 16.1 Å². The summed E-state index contributed by atoms with van der Waals surface area (Å²) in [6.07, 6.45) is 0.645. The molecule has 0 aliphatic carbocycles. The fourth-order valence-electron chi connectivity index (χ4n) is 2.97. The van der Waals surface area contributed by atoms with Crippen LogP contribution in [0.3, 0.4) is 0 Å². The molecule has 2 aromatic rings. The molecule has 1 aliphatic rings. The molecule has 0 bridgehead atoms. The molecule has 3 rings (SSSR count). The Kier molecular flexibility index (Phi) is 9.08. The zero-order valence-corrected chi connectivity index (χ0v) is 23.0. The third-order valence-electron chi connectivity index (χ3n) is 4.88. The van der Waals surface area contributed by atoms with Crippen LogP contribution in [0.15, 0.2) is 22.5 Å². The van der Waals surface area contributed by atoms with Crippen molar-refractivity contribution in [2.24, 2.45) is 0 Å². The van der Waals surface area contributed by atoms with Crippen LogP contribution in [0, 0.1) is 0 Å². The molecule has 2 amide bonds. The van der Waals surface area contributed by atoms with Gasteiger partial charge in [0.15, 0.2) is 0 Å². The Bertz CT molecular complexity index is 1260. The molecule has 196 valence electrons. The normalized spacial score (nSPS) is 16.4. The molecule has 35 heavy (non-hydrogen) atoms. The molecule has 0 saturated carbocycles. The van der Waals surface area contributed by atoms with Crippen LogP contribution in [0.5, 0.6) is 11.5 Å². The summed E-state index contributed by atoms with van der Waals surface area (Å²) in [5.41, 5.74) is 0.523. The monoisotopic (exact) mass is 550 g/mol. The number of rotatable bonds is 7. The molecule has 1 aliphatic heterocycles. The number of hydrogen-bond acceptors (Lipinski definition) is 11. The molecule has 1 aromatic heterocycles. The highest BCUT2D eigenvalue weighted by Crippen LogP contribution is 2.44. The highest BCUT2D eigenvalue weighted by atomic mass is 32.2. The number of benzene rings is 1. The van der Waals surface area contributed by atoms with Gasteiger partial charge in [0, 0.05) is 26.3 Å². The van der Waals surface area contributed by atoms with Crippen molar-refractivity contribution in [2.75, 3.05) is 37.6 Å². The number of carbonyl (C=O) groups excluding carboxylic acids is 1. The van der Waals surface area contributed by atoms with Crippen molar-refractivity contribution in [1.82, 2.24) is 15.5 Å². The van der Waals surface area contributed by atoms with Gasteiger partial charge in [-0.05, 0) is 39.0 Å². The van der Waals surface area contributed by atoms with Crippen LogP contribution < -0.4 is 19.1 Å². The maximum Gasteiger partial charge on any atom is 0.323 e. The lowest BCUT2D eigenvalue weighted by molar-refractivity contribution is -0.0981. The Morgan fingerprint density at radius 3 is 2.43 bits per heavy atom. The summed E-state index contributed by atoms with van der Waals surface area (Å²) in [5, 5.41) is 9.85. The second-order valence-electron chi connectivity index (χ2n) is 7.94. The zero-order valence-electron chi connectivity index (χ0n) is 20.6. The number of anilines is 1. The summed E-state index contributed by atoms with van der Waals surface area (Å²) in [6, 6.07) is 4.59. The number of fused-ring (bicyclic) bond motifs is 1. The first kappa shape index (κ1) is 28.7. The van der Waals surface area contributed by atoms with Crippen LogP contribution in [0.4, 0.5) is 9.93 Å². The minimum Gasteiger partial charge on any atom is -0.464 e. The van der Waals surface area contributed by atoms with E-state index in [0.29, 0.717) is 12.4 Å². The van der Waals surface area contributed by atoms with Gasteiger partial charge in [0.25, 0.3) is 0 Å². The van der Waals surface area contributed by atoms with Crippen LogP contribution in [0.25, 0.3) is 0 Å². The van der Waals surface area contributed by atoms with E-state index in [1.54, 1.807) is 18.2 Å². The van der Waals surface area contributed by atoms with Crippen molar-refractivity contribution in [1.29, 1.82) is 0 Å². The number of aromatic nitrogens is 2. The van der Waals surface area contributed by atoms with Gasteiger partial charge in [-0.2, -0.15) is 8.42 Å². The lowest BCUT2D eigenvalue weighted by atomic mass is 9.85. The summed E-state index contributed by atoms with van der Waals surface area (Å²) in [5.74, 6) is 0.949. The highest BCUT2D eigenvalue weighted by Gasteiger charge is 2.42. The largest absolute Gasteiger partial charge is 0.464 e. The number of nitrogens with zero attached hydrogens (tertiary/aromatic N) is 3. The first-order valence-corrected chi connectivity index (χ1v) is 14.8. The smallest absolute Gasteiger partial charge is 0.323 e. The average Bonchev–Trinajstić information content (AvgIpc) is 3.37. The Morgan fingerprint density at radius 2 is 1.89 bits per heavy atom. The SMILES string of the molecule is CCOC1Oc2ccc(OS(C)(=O)=O)cc2C1(C)C.CCS(=O)(=O)c1nnc(N(C)C(=O)NC)s1. The van der Waals surface area contributed by atoms with E-state index in [-0.39, 0.29) is 38.7 Å². The number of carbonyl (C=O) groups is 1. The van der Waals surface area contributed by atoms with Crippen LogP contribution in [0.2, 0.25) is 0 Å². The Morgan fingerprint density at radius 1 is 1.23 bits per heavy atom. The molecule has 0 fully saturated rings. The Hall–Kier alpha value is -2.49. The fraction of sp³-hybridized carbons (Fsp3) is 0.550. The predicted molar refractivity (Wildman–Crippen MR) is 131 cm³/mol. The predicted octanol–water partition coefficient (Wildman–Crippen LogP) is 2.16. The number of sulfone groups is 1. The number of urea groups is 1. The molecule has 12 nitrogen and oxygen atoms in total. The van der Waals surface area contributed by atoms with Crippen molar-refractivity contribution < 1.29 is 35.3 Å². The first-order chi connectivity index (χ1) is 16.2. The summed E-state index contributed by atoms with van der Waals surface area (Å²) >= 11 is 0.871. The lowest BCUT2D eigenvalue weighted by Gasteiger charge is -2.25. The minimum absolute atomic E-state index is 0.0364. The lowest BCUT2D eigenvalue weighted by Crippen LogP contribution is -2.34. The molecule has 0 radical (unpaired) electrons. The molecule has 0 saturated heterocycles. The summed E-state index contributed by atoms with van der Waals surface area (Å²) in [6.45, 7) is 7.96. The molecular weight excluding hydrogens is 520 g/mol. The minimum atomic E-state index is -3.53. The third kappa shape index (κ3) is 7.02. The standard InChI is InChI=1S/C13H18O5S.C7H12N4O3S2/c1-5-16-12-13(2,3)10-8-9(18-19(4,14)15)6-7-11(10)17-12;1-4-16(13,14)7-10-9-6(15-7)11(3)5(12)8-2/h6-8,12H,5H2,1-4H3;4H2,1-3H3,(H,8,12). The first-order valence-electron chi connectivity index (χ1n) is 10.5. The van der Waals surface area contributed by atoms with Crippen molar-refractivity contribution in [3.05, 3.63) is 23.8 Å². The van der Waals surface area contributed by atoms with Gasteiger partial charge in [-0.15, -0.1) is 10.2 Å². The molecule has 2 heterocycles. The maximum atomic E-state index is 11.5. The summed E-state index contributed by atoms with van der Waals surface area (Å²) < 4.78 is 61.3. The van der Waals surface area contributed by atoms with Gasteiger partial charge in [-0.25, -0.2) is 13.2 Å². The summed E-state index contributed by atoms with van der Waals surface area (Å²) in [4.78, 5) is 12.4. The quantitative estimate of drug-likeness (QED) is 0.401. The number of ether oxygens (including phenoxy) is 2. The van der Waals surface area contributed by atoms with Crippen molar-refractivity contribution in [3.63, 3.8) is 0 Å². The van der Waals surface area contributed by atoms with Crippen LogP contribution in [0.1, 0.15) is 33.3 Å². The number of nitrogens with one attached hydrogen (secondary N) is 1. The van der Waals surface area contributed by atoms with Gasteiger partial charge in [-0.1, -0.05) is 18.3 Å². The van der Waals surface area contributed by atoms with Gasteiger partial charge < -0.3 is 19.0 Å². The Labute approximate surface area is 209 Å². The molecule has 1 aromatic carbocycles. The van der Waals surface area contributed by atoms with E-state index in [0.717, 1.165) is 23.2 Å². The molecule has 0 spiro atoms. The number of amides is 2. The van der Waals surface area contributed by atoms with Crippen LogP contribution in [-0.2, 0) is 30.1 Å². The topological polar surface area (TPSA) is 154 Å². The van der Waals surface area contributed by atoms with Gasteiger partial charge in [0.1, 0.15) is 11.5 Å². The van der Waals surface area contributed by atoms with Gasteiger partial charge in [0.05, 0.1) is 17.4 Å². The van der Waals surface area contributed by atoms with E-state index in [2.05, 4.69) is 15.5 Å². The van der Waals surface area contributed by atoms with E-state index >= 15 is 0 Å². The van der Waals surface area contributed by atoms with E-state index in [1.165, 1.54) is 25.9 Å². The fourth-order valence-corrected chi connectivity index (χ4v) is 5.46. The van der Waals surface area contributed by atoms with E-state index < -0.39 is 20.0 Å². The second kappa shape index (κ2) is 11.1. The van der Waals surface area contributed by atoms with Crippen molar-refractivity contribution in [2.45, 2.75) is 43.7 Å². The molecule has 1 N–H and O–H groups in total. The van der Waals surface area contributed by atoms with Gasteiger partial charge in [-0.3, -0.25) is 4.90 Å². The van der Waals surface area contributed by atoms with E-state index in [1.807, 2.05) is 20.8 Å². The zero-order chi connectivity index (χ0) is 26.6. The van der Waals surface area contributed by atoms with Crippen molar-refractivity contribution >= 4 is 42.5 Å². The molecule has 1 unspecified atom stereocenters. The second-order valence-corrected chi connectivity index (χ2v) is 12.9. The average molecular weight is 551 g/mol. The van der Waals surface area contributed by atoms with Crippen molar-refractivity contribution in [3.8, 4) is 11.5 Å². The third-order valence-corrected chi connectivity index (χ3v) is 8.56. The van der Waals surface area contributed by atoms with Crippen LogP contribution in [-0.4, -0.2) is 72.1 Å². The summed E-state index contributed by atoms with van der Waals surface area (Å²) in [7, 11) is -3.92. The Balaban J connectivity index is 0.000000251.